The van der Waals surface area contributed by atoms with Gasteiger partial charge in [-0.3, -0.25) is 9.35 Å². The van der Waals surface area contributed by atoms with Gasteiger partial charge in [0.1, 0.15) is 6.61 Å². The predicted octanol–water partition coefficient (Wildman–Crippen LogP) is 2.48. The van der Waals surface area contributed by atoms with Crippen LogP contribution in [-0.4, -0.2) is 24.7 Å². The zero-order chi connectivity index (χ0) is 16.7. The maximum atomic E-state index is 12.2. The van der Waals surface area contributed by atoms with Crippen LogP contribution >= 0.6 is 0 Å². The highest BCUT2D eigenvalue weighted by atomic mass is 32.2. The Bertz CT molecular complexity index is 726. The summed E-state index contributed by atoms with van der Waals surface area (Å²) in [4.78, 5) is 12.2. The molecule has 1 N–H and O–H groups in total. The van der Waals surface area contributed by atoms with Gasteiger partial charge in [-0.2, -0.15) is 8.42 Å². The summed E-state index contributed by atoms with van der Waals surface area (Å²) in [7, 11) is -4.27. The van der Waals surface area contributed by atoms with Crippen LogP contribution in [0.4, 0.5) is 0 Å². The quantitative estimate of drug-likeness (QED) is 0.621. The topological polar surface area (TPSA) is 80.7 Å². The second-order valence-electron chi connectivity index (χ2n) is 5.23. The Morgan fingerprint density at radius 3 is 2.00 bits per heavy atom. The van der Waals surface area contributed by atoms with E-state index in [4.69, 9.17) is 9.29 Å². The second kappa shape index (κ2) is 7.89. The molecule has 5 nitrogen and oxygen atoms in total. The van der Waals surface area contributed by atoms with E-state index in [0.717, 1.165) is 11.1 Å². The first-order chi connectivity index (χ1) is 10.9. The third-order valence-corrected chi connectivity index (χ3v) is 4.12. The molecule has 0 saturated carbocycles. The first kappa shape index (κ1) is 17.2. The average molecular weight is 334 g/mol. The maximum absolute atomic E-state index is 12.2. The van der Waals surface area contributed by atoms with Crippen molar-refractivity contribution in [3.8, 4) is 0 Å². The van der Waals surface area contributed by atoms with E-state index in [1.165, 1.54) is 0 Å². The Morgan fingerprint density at radius 1 is 0.957 bits per heavy atom. The lowest BCUT2D eigenvalue weighted by Crippen LogP contribution is -2.27. The number of benzene rings is 2. The van der Waals surface area contributed by atoms with Gasteiger partial charge in [0.05, 0.1) is 11.7 Å². The molecule has 2 aromatic rings. The van der Waals surface area contributed by atoms with Crippen molar-refractivity contribution in [1.82, 2.24) is 0 Å². The molecule has 2 aromatic carbocycles. The molecule has 0 spiro atoms. The third kappa shape index (κ3) is 6.22. The smallest absolute Gasteiger partial charge is 0.310 e. The Kier molecular flexibility index (Phi) is 5.90. The van der Waals surface area contributed by atoms with Crippen LogP contribution < -0.4 is 0 Å². The van der Waals surface area contributed by atoms with Gasteiger partial charge in [0.2, 0.25) is 0 Å². The van der Waals surface area contributed by atoms with E-state index in [1.807, 2.05) is 36.4 Å². The summed E-state index contributed by atoms with van der Waals surface area (Å²) in [6.07, 6.45) is 0.189. The largest absolute Gasteiger partial charge is 0.461 e. The van der Waals surface area contributed by atoms with E-state index >= 15 is 0 Å². The minimum Gasteiger partial charge on any atom is -0.461 e. The predicted molar refractivity (Wildman–Crippen MR) is 86.3 cm³/mol. The maximum Gasteiger partial charge on any atom is 0.310 e. The number of rotatable bonds is 7. The van der Waals surface area contributed by atoms with Gasteiger partial charge in [0.15, 0.2) is 0 Å². The molecule has 0 saturated heterocycles. The van der Waals surface area contributed by atoms with E-state index in [0.29, 0.717) is 0 Å². The van der Waals surface area contributed by atoms with Crippen LogP contribution in [0.15, 0.2) is 60.7 Å². The highest BCUT2D eigenvalue weighted by Crippen LogP contribution is 2.14. The van der Waals surface area contributed by atoms with Crippen LogP contribution in [0.5, 0.6) is 0 Å². The molecule has 1 atom stereocenters. The molecular formula is C17H18O5S. The lowest BCUT2D eigenvalue weighted by Gasteiger charge is -2.15. The number of carbonyl (C=O) groups excluding carboxylic acids is 1. The number of ether oxygens (including phenoxy) is 1. The molecule has 23 heavy (non-hydrogen) atoms. The van der Waals surface area contributed by atoms with Crippen molar-refractivity contribution in [3.63, 3.8) is 0 Å². The third-order valence-electron chi connectivity index (χ3n) is 3.29. The van der Waals surface area contributed by atoms with Gasteiger partial charge in [-0.25, -0.2) is 0 Å². The van der Waals surface area contributed by atoms with E-state index in [1.54, 1.807) is 24.3 Å². The van der Waals surface area contributed by atoms with Crippen LogP contribution in [0.3, 0.4) is 0 Å². The molecule has 0 bridgehead atoms. The zero-order valence-corrected chi connectivity index (χ0v) is 13.3. The molecule has 122 valence electrons. The number of hydrogen-bond donors (Lipinski definition) is 1. The summed E-state index contributed by atoms with van der Waals surface area (Å²) in [5, 5.41) is 0. The molecule has 0 fully saturated rings. The highest BCUT2D eigenvalue weighted by Gasteiger charge is 2.26. The van der Waals surface area contributed by atoms with Gasteiger partial charge < -0.3 is 4.74 Å². The Balaban J connectivity index is 2.04. The summed E-state index contributed by atoms with van der Waals surface area (Å²) < 4.78 is 36.6. The minimum atomic E-state index is -4.27. The summed E-state index contributed by atoms with van der Waals surface area (Å²) >= 11 is 0. The lowest BCUT2D eigenvalue weighted by molar-refractivity contribution is -0.149. The van der Waals surface area contributed by atoms with Crippen molar-refractivity contribution < 1.29 is 22.5 Å². The van der Waals surface area contributed by atoms with Gasteiger partial charge in [0.25, 0.3) is 10.1 Å². The molecule has 0 radical (unpaired) electrons. The number of esters is 1. The van der Waals surface area contributed by atoms with Crippen LogP contribution in [0, 0.1) is 5.92 Å². The van der Waals surface area contributed by atoms with Crippen molar-refractivity contribution >= 4 is 16.1 Å². The number of hydrogen-bond acceptors (Lipinski definition) is 4. The fourth-order valence-corrected chi connectivity index (χ4v) is 2.97. The first-order valence-electron chi connectivity index (χ1n) is 7.14. The molecule has 0 amide bonds. The fraction of sp³-hybridized carbons (Fsp3) is 0.235. The van der Waals surface area contributed by atoms with Gasteiger partial charge >= 0.3 is 5.97 Å². The normalized spacial score (nSPS) is 12.6. The van der Waals surface area contributed by atoms with E-state index < -0.39 is 27.8 Å². The summed E-state index contributed by atoms with van der Waals surface area (Å²) in [6, 6.07) is 18.1. The molecule has 0 aliphatic rings. The lowest BCUT2D eigenvalue weighted by atomic mass is 10.0. The highest BCUT2D eigenvalue weighted by molar-refractivity contribution is 7.85. The van der Waals surface area contributed by atoms with Crippen molar-refractivity contribution in [3.05, 3.63) is 71.8 Å². The molecular weight excluding hydrogens is 316 g/mol. The minimum absolute atomic E-state index is 0.0659. The molecule has 6 heteroatoms. The van der Waals surface area contributed by atoms with Gasteiger partial charge in [-0.1, -0.05) is 60.7 Å². The molecule has 0 unspecified atom stereocenters. The van der Waals surface area contributed by atoms with Crippen molar-refractivity contribution in [2.45, 2.75) is 13.0 Å². The Labute approximate surface area is 135 Å². The van der Waals surface area contributed by atoms with E-state index in [-0.39, 0.29) is 13.0 Å². The van der Waals surface area contributed by atoms with Crippen LogP contribution in [0.1, 0.15) is 11.1 Å². The molecule has 0 aromatic heterocycles. The van der Waals surface area contributed by atoms with Crippen molar-refractivity contribution in [2.24, 2.45) is 5.92 Å². The van der Waals surface area contributed by atoms with E-state index in [2.05, 4.69) is 0 Å². The van der Waals surface area contributed by atoms with Crippen molar-refractivity contribution in [2.75, 3.05) is 5.75 Å². The zero-order valence-electron chi connectivity index (χ0n) is 12.5. The van der Waals surface area contributed by atoms with Crippen LogP contribution in [0.2, 0.25) is 0 Å². The molecule has 0 aliphatic carbocycles. The number of carbonyl (C=O) groups is 1. The monoisotopic (exact) mass is 334 g/mol. The molecule has 0 aliphatic heterocycles. The summed E-state index contributed by atoms with van der Waals surface area (Å²) in [5.41, 5.74) is 1.61. The molecule has 0 heterocycles. The van der Waals surface area contributed by atoms with Gasteiger partial charge in [0, 0.05) is 0 Å². The molecule has 2 rings (SSSR count). The van der Waals surface area contributed by atoms with Gasteiger partial charge in [-0.05, 0) is 17.5 Å². The van der Waals surface area contributed by atoms with Crippen LogP contribution in [0.25, 0.3) is 0 Å². The van der Waals surface area contributed by atoms with E-state index in [9.17, 15) is 13.2 Å². The average Bonchev–Trinajstić information content (AvgIpc) is 2.53. The summed E-state index contributed by atoms with van der Waals surface area (Å²) in [5.74, 6) is -2.25. The van der Waals surface area contributed by atoms with Gasteiger partial charge in [-0.15, -0.1) is 0 Å². The standard InChI is InChI=1S/C17H18O5S/c18-17(22-12-15-9-5-2-6-10-15)16(13-23(19,20)21)11-14-7-3-1-4-8-14/h1-10,16H,11-13H2,(H,19,20,21)/t16-/m1/s1. The first-order valence-corrected chi connectivity index (χ1v) is 8.74. The Morgan fingerprint density at radius 2 is 1.48 bits per heavy atom. The van der Waals surface area contributed by atoms with Crippen molar-refractivity contribution in [1.29, 1.82) is 0 Å². The SMILES string of the molecule is O=C(OCc1ccccc1)[C@H](Cc1ccccc1)CS(=O)(=O)O. The Hall–Kier alpha value is -2.18. The van der Waals surface area contributed by atoms with Crippen LogP contribution in [-0.2, 0) is 32.7 Å². The second-order valence-corrected chi connectivity index (χ2v) is 6.73. The fourth-order valence-electron chi connectivity index (χ4n) is 2.21. The summed E-state index contributed by atoms with van der Waals surface area (Å²) in [6.45, 7) is 0.0659.